The molecule has 1 aliphatic heterocycles. The molecule has 1 aliphatic rings. The van der Waals surface area contributed by atoms with Gasteiger partial charge in [-0.1, -0.05) is 0 Å². The van der Waals surface area contributed by atoms with Gasteiger partial charge in [-0.15, -0.1) is 11.3 Å². The highest BCUT2D eigenvalue weighted by atomic mass is 32.2. The second kappa shape index (κ2) is 5.32. The summed E-state index contributed by atoms with van der Waals surface area (Å²) in [5, 5.41) is 4.82. The Kier molecular flexibility index (Phi) is 4.05. The molecule has 0 radical (unpaired) electrons. The van der Waals surface area contributed by atoms with Crippen LogP contribution in [0.5, 0.6) is 0 Å². The second-order valence-corrected chi connectivity index (χ2v) is 6.47. The zero-order valence-corrected chi connectivity index (χ0v) is 11.0. The molecule has 2 heterocycles. The van der Waals surface area contributed by atoms with E-state index in [-0.39, 0.29) is 0 Å². The quantitative estimate of drug-likeness (QED) is 0.882. The number of thiazole rings is 1. The number of aromatic nitrogens is 1. The Morgan fingerprint density at radius 2 is 2.33 bits per heavy atom. The average Bonchev–Trinajstić information content (AvgIpc) is 2.56. The molecule has 1 aromatic heterocycles. The van der Waals surface area contributed by atoms with Gasteiger partial charge in [-0.2, -0.15) is 11.8 Å². The van der Waals surface area contributed by atoms with Crippen molar-refractivity contribution in [3.8, 4) is 0 Å². The minimum Gasteiger partial charge on any atom is -0.308 e. The van der Waals surface area contributed by atoms with Crippen LogP contribution in [0.15, 0.2) is 0 Å². The van der Waals surface area contributed by atoms with Crippen molar-refractivity contribution in [3.63, 3.8) is 0 Å². The fraction of sp³-hybridized carbons (Fsp3) is 0.727. The molecule has 0 bridgehead atoms. The largest absolute Gasteiger partial charge is 0.308 e. The summed E-state index contributed by atoms with van der Waals surface area (Å²) in [5.74, 6) is 2.62. The van der Waals surface area contributed by atoms with E-state index in [0.717, 1.165) is 6.54 Å². The Hall–Kier alpha value is -0.0600. The van der Waals surface area contributed by atoms with Crippen LogP contribution in [0.1, 0.15) is 28.4 Å². The molecule has 4 heteroatoms. The summed E-state index contributed by atoms with van der Waals surface area (Å²) < 4.78 is 0. The molecule has 0 saturated carbocycles. The third-order valence-corrected chi connectivity index (χ3v) is 5.00. The van der Waals surface area contributed by atoms with E-state index in [4.69, 9.17) is 0 Å². The first kappa shape index (κ1) is 11.4. The molecule has 84 valence electrons. The van der Waals surface area contributed by atoms with Gasteiger partial charge < -0.3 is 5.32 Å². The van der Waals surface area contributed by atoms with Gasteiger partial charge >= 0.3 is 0 Å². The minimum absolute atomic E-state index is 0.713. The van der Waals surface area contributed by atoms with E-state index in [1.54, 1.807) is 0 Å². The normalized spacial score (nSPS) is 21.9. The van der Waals surface area contributed by atoms with Gasteiger partial charge in [0.1, 0.15) is 0 Å². The van der Waals surface area contributed by atoms with Crippen LogP contribution in [0.4, 0.5) is 0 Å². The van der Waals surface area contributed by atoms with Crippen LogP contribution < -0.4 is 5.32 Å². The average molecular weight is 242 g/mol. The maximum atomic E-state index is 4.45. The van der Waals surface area contributed by atoms with E-state index < -0.39 is 0 Å². The van der Waals surface area contributed by atoms with Gasteiger partial charge in [0.2, 0.25) is 0 Å². The lowest BCUT2D eigenvalue weighted by Crippen LogP contribution is -2.33. The van der Waals surface area contributed by atoms with E-state index in [0.29, 0.717) is 6.04 Å². The summed E-state index contributed by atoms with van der Waals surface area (Å²) >= 11 is 3.90. The number of rotatable bonds is 3. The van der Waals surface area contributed by atoms with Crippen molar-refractivity contribution < 1.29 is 0 Å². The summed E-state index contributed by atoms with van der Waals surface area (Å²) in [7, 11) is 0. The number of aryl methyl sites for hydroxylation is 2. The van der Waals surface area contributed by atoms with Crippen molar-refractivity contribution in [2.24, 2.45) is 0 Å². The van der Waals surface area contributed by atoms with E-state index >= 15 is 0 Å². The Balaban J connectivity index is 1.84. The molecule has 1 atom stereocenters. The first-order valence-corrected chi connectivity index (χ1v) is 7.47. The molecular formula is C11H18N2S2. The molecule has 0 spiro atoms. The number of nitrogens with one attached hydrogen (secondary N) is 1. The fourth-order valence-electron chi connectivity index (χ4n) is 1.88. The highest BCUT2D eigenvalue weighted by Crippen LogP contribution is 2.20. The van der Waals surface area contributed by atoms with Gasteiger partial charge in [0, 0.05) is 23.2 Å². The zero-order chi connectivity index (χ0) is 10.7. The lowest BCUT2D eigenvalue weighted by atomic mass is 10.2. The third kappa shape index (κ3) is 3.20. The molecule has 2 nitrogen and oxygen atoms in total. The van der Waals surface area contributed by atoms with E-state index in [1.807, 2.05) is 11.3 Å². The van der Waals surface area contributed by atoms with E-state index in [9.17, 15) is 0 Å². The SMILES string of the molecule is Cc1nc(C)c(CNC2CCCSC2)s1. The van der Waals surface area contributed by atoms with Gasteiger partial charge in [-0.05, 0) is 32.4 Å². The van der Waals surface area contributed by atoms with Crippen molar-refractivity contribution in [1.82, 2.24) is 10.3 Å². The minimum atomic E-state index is 0.713. The van der Waals surface area contributed by atoms with E-state index in [2.05, 4.69) is 35.9 Å². The van der Waals surface area contributed by atoms with Gasteiger partial charge in [0.05, 0.1) is 10.7 Å². The first-order chi connectivity index (χ1) is 7.25. The van der Waals surface area contributed by atoms with Crippen molar-refractivity contribution in [2.75, 3.05) is 11.5 Å². The Labute approximate surface area is 99.9 Å². The van der Waals surface area contributed by atoms with Crippen molar-refractivity contribution >= 4 is 23.1 Å². The summed E-state index contributed by atoms with van der Waals surface area (Å²) in [6, 6.07) is 0.713. The monoisotopic (exact) mass is 242 g/mol. The summed E-state index contributed by atoms with van der Waals surface area (Å²) in [4.78, 5) is 5.85. The first-order valence-electron chi connectivity index (χ1n) is 5.50. The lowest BCUT2D eigenvalue weighted by molar-refractivity contribution is 0.509. The molecule has 1 N–H and O–H groups in total. The van der Waals surface area contributed by atoms with Crippen LogP contribution in [-0.2, 0) is 6.54 Å². The molecule has 1 saturated heterocycles. The molecule has 1 fully saturated rings. The summed E-state index contributed by atoms with van der Waals surface area (Å²) in [6.45, 7) is 5.19. The molecular weight excluding hydrogens is 224 g/mol. The zero-order valence-electron chi connectivity index (χ0n) is 9.38. The van der Waals surface area contributed by atoms with Gasteiger partial charge in [-0.3, -0.25) is 0 Å². The van der Waals surface area contributed by atoms with Crippen molar-refractivity contribution in [1.29, 1.82) is 0 Å². The molecule has 1 unspecified atom stereocenters. The number of thioether (sulfide) groups is 1. The molecule has 2 rings (SSSR count). The smallest absolute Gasteiger partial charge is 0.0900 e. The second-order valence-electron chi connectivity index (χ2n) is 4.04. The molecule has 0 amide bonds. The van der Waals surface area contributed by atoms with Crippen LogP contribution in [-0.4, -0.2) is 22.5 Å². The Bertz CT molecular complexity index is 316. The van der Waals surface area contributed by atoms with Crippen LogP contribution in [0.25, 0.3) is 0 Å². The number of hydrogen-bond donors (Lipinski definition) is 1. The standard InChI is InChI=1S/C11H18N2S2/c1-8-11(15-9(2)13-8)6-12-10-4-3-5-14-7-10/h10,12H,3-7H2,1-2H3. The van der Waals surface area contributed by atoms with Crippen LogP contribution >= 0.6 is 23.1 Å². The predicted molar refractivity (Wildman–Crippen MR) is 68.8 cm³/mol. The maximum absolute atomic E-state index is 4.45. The van der Waals surface area contributed by atoms with Crippen molar-refractivity contribution in [2.45, 2.75) is 39.3 Å². The topological polar surface area (TPSA) is 24.9 Å². The molecule has 1 aromatic rings. The summed E-state index contributed by atoms with van der Waals surface area (Å²) in [6.07, 6.45) is 2.70. The highest BCUT2D eigenvalue weighted by Gasteiger charge is 2.13. The Morgan fingerprint density at radius 3 is 2.93 bits per heavy atom. The van der Waals surface area contributed by atoms with Crippen LogP contribution in [0, 0.1) is 13.8 Å². The number of hydrogen-bond acceptors (Lipinski definition) is 4. The molecule has 0 aromatic carbocycles. The van der Waals surface area contributed by atoms with Gasteiger partial charge in [0.25, 0.3) is 0 Å². The van der Waals surface area contributed by atoms with Crippen molar-refractivity contribution in [3.05, 3.63) is 15.6 Å². The van der Waals surface area contributed by atoms with Crippen LogP contribution in [0.2, 0.25) is 0 Å². The summed E-state index contributed by atoms with van der Waals surface area (Å²) in [5.41, 5.74) is 1.20. The molecule has 0 aliphatic carbocycles. The Morgan fingerprint density at radius 1 is 1.47 bits per heavy atom. The fourth-order valence-corrected chi connectivity index (χ4v) is 3.87. The predicted octanol–water partition coefficient (Wildman–Crippen LogP) is 2.75. The van der Waals surface area contributed by atoms with Gasteiger partial charge in [0.15, 0.2) is 0 Å². The molecule has 15 heavy (non-hydrogen) atoms. The lowest BCUT2D eigenvalue weighted by Gasteiger charge is -2.22. The van der Waals surface area contributed by atoms with Crippen LogP contribution in [0.3, 0.4) is 0 Å². The number of nitrogens with zero attached hydrogens (tertiary/aromatic N) is 1. The maximum Gasteiger partial charge on any atom is 0.0900 e. The third-order valence-electron chi connectivity index (χ3n) is 2.71. The highest BCUT2D eigenvalue weighted by molar-refractivity contribution is 7.99. The van der Waals surface area contributed by atoms with E-state index in [1.165, 1.54) is 39.9 Å². The van der Waals surface area contributed by atoms with Gasteiger partial charge in [-0.25, -0.2) is 4.98 Å².